The number of amides is 1. The third kappa shape index (κ3) is 5.57. The number of carbonyl (C=O) groups excluding carboxylic acids is 1. The molecular weight excluding hydrogens is 335 g/mol. The second-order valence-corrected chi connectivity index (χ2v) is 5.47. The molecule has 10 heteroatoms. The molecule has 8 nitrogen and oxygen atoms in total. The first-order valence-corrected chi connectivity index (χ1v) is 7.40. The average Bonchev–Trinajstić information content (AvgIpc) is 2.96. The first kappa shape index (κ1) is 19.6. The minimum atomic E-state index is -4.68. The molecule has 0 aliphatic heterocycles. The van der Waals surface area contributed by atoms with Crippen molar-refractivity contribution in [3.05, 3.63) is 53.8 Å². The maximum Gasteiger partial charge on any atom is 1.00 e. The summed E-state index contributed by atoms with van der Waals surface area (Å²) in [4.78, 5) is 11.6. The van der Waals surface area contributed by atoms with Crippen LogP contribution >= 0.6 is 0 Å². The summed E-state index contributed by atoms with van der Waals surface area (Å²) in [5.74, 6) is -0.811. The van der Waals surface area contributed by atoms with Gasteiger partial charge in [-0.1, -0.05) is 30.3 Å². The molecule has 1 amide bonds. The van der Waals surface area contributed by atoms with E-state index < -0.39 is 27.2 Å². The van der Waals surface area contributed by atoms with Crippen molar-refractivity contribution < 1.29 is 56.8 Å². The van der Waals surface area contributed by atoms with Crippen LogP contribution in [0.3, 0.4) is 0 Å². The molecule has 0 radical (unpaired) electrons. The number of rotatable bonds is 5. The SMILES string of the molecule is O=C(N/N=C/c1ccc(S(=O)(=O)[O-])o1)C(O)c1ccccc1.[Na+]. The first-order chi connectivity index (χ1) is 10.4. The molecule has 1 atom stereocenters. The van der Waals surface area contributed by atoms with E-state index >= 15 is 0 Å². The molecule has 1 aromatic carbocycles. The number of nitrogens with one attached hydrogen (secondary N) is 1. The van der Waals surface area contributed by atoms with E-state index in [-0.39, 0.29) is 35.3 Å². The summed E-state index contributed by atoms with van der Waals surface area (Å²) < 4.78 is 36.7. The van der Waals surface area contributed by atoms with Gasteiger partial charge in [0.2, 0.25) is 5.09 Å². The van der Waals surface area contributed by atoms with Crippen LogP contribution in [0.1, 0.15) is 17.4 Å². The van der Waals surface area contributed by atoms with Crippen LogP contribution in [0.2, 0.25) is 0 Å². The summed E-state index contributed by atoms with van der Waals surface area (Å²) in [6.45, 7) is 0. The number of aliphatic hydroxyl groups is 1. The molecule has 2 aromatic rings. The molecule has 2 N–H and O–H groups in total. The molecule has 1 unspecified atom stereocenters. The molecule has 1 aromatic heterocycles. The van der Waals surface area contributed by atoms with Gasteiger partial charge in [-0.15, -0.1) is 0 Å². The maximum absolute atomic E-state index is 11.6. The van der Waals surface area contributed by atoms with Gasteiger partial charge in [0.25, 0.3) is 5.91 Å². The normalized spacial score (nSPS) is 12.6. The van der Waals surface area contributed by atoms with Crippen molar-refractivity contribution in [3.63, 3.8) is 0 Å². The van der Waals surface area contributed by atoms with Crippen molar-refractivity contribution in [3.8, 4) is 0 Å². The van der Waals surface area contributed by atoms with Crippen molar-refractivity contribution in [1.82, 2.24) is 5.43 Å². The molecule has 0 spiro atoms. The van der Waals surface area contributed by atoms with E-state index in [9.17, 15) is 22.9 Å². The topological polar surface area (TPSA) is 132 Å². The van der Waals surface area contributed by atoms with Gasteiger partial charge in [-0.3, -0.25) is 4.79 Å². The van der Waals surface area contributed by atoms with Gasteiger partial charge in [0.1, 0.15) is 5.76 Å². The van der Waals surface area contributed by atoms with Gasteiger partial charge >= 0.3 is 29.6 Å². The van der Waals surface area contributed by atoms with Crippen LogP contribution in [0.25, 0.3) is 0 Å². The molecule has 2 rings (SSSR count). The third-order valence-corrected chi connectivity index (χ3v) is 3.29. The Bertz CT molecular complexity index is 788. The minimum Gasteiger partial charge on any atom is -0.742 e. The molecule has 0 aliphatic carbocycles. The summed E-state index contributed by atoms with van der Waals surface area (Å²) in [7, 11) is -4.68. The Kier molecular flexibility index (Phi) is 7.13. The van der Waals surface area contributed by atoms with Crippen LogP contribution in [-0.4, -0.2) is 30.2 Å². The van der Waals surface area contributed by atoms with Crippen molar-refractivity contribution in [1.29, 1.82) is 0 Å². The number of hydrogen-bond acceptors (Lipinski definition) is 7. The number of hydrogen-bond donors (Lipinski definition) is 2. The predicted molar refractivity (Wildman–Crippen MR) is 73.8 cm³/mol. The van der Waals surface area contributed by atoms with Crippen LogP contribution in [-0.2, 0) is 14.9 Å². The second-order valence-electron chi connectivity index (χ2n) is 4.16. The zero-order chi connectivity index (χ0) is 16.2. The quantitative estimate of drug-likeness (QED) is 0.263. The molecule has 1 heterocycles. The standard InChI is InChI=1S/C13H12N2O6S.Na/c16-12(9-4-2-1-3-5-9)13(17)15-14-8-10-6-7-11(21-10)22(18,19)20;/h1-8,12,16H,(H,15,17)(H,18,19,20);/q;+1/p-1/b14-8+;. The van der Waals surface area contributed by atoms with Crippen molar-refractivity contribution in [2.75, 3.05) is 0 Å². The van der Waals surface area contributed by atoms with Crippen LogP contribution in [0.4, 0.5) is 0 Å². The summed E-state index contributed by atoms with van der Waals surface area (Å²) in [6, 6.07) is 10.4. The molecule has 0 saturated heterocycles. The van der Waals surface area contributed by atoms with E-state index in [2.05, 4.69) is 10.5 Å². The molecule has 116 valence electrons. The fraction of sp³-hybridized carbons (Fsp3) is 0.0769. The summed E-state index contributed by atoms with van der Waals surface area (Å²) in [6.07, 6.45) is -0.392. The number of furan rings is 1. The summed E-state index contributed by atoms with van der Waals surface area (Å²) >= 11 is 0. The fourth-order valence-electron chi connectivity index (χ4n) is 1.55. The van der Waals surface area contributed by atoms with Crippen LogP contribution in [0.15, 0.2) is 57.1 Å². The number of carbonyl (C=O) groups is 1. The smallest absolute Gasteiger partial charge is 0.742 e. The zero-order valence-electron chi connectivity index (χ0n) is 12.0. The Morgan fingerprint density at radius 2 is 1.91 bits per heavy atom. The summed E-state index contributed by atoms with van der Waals surface area (Å²) in [5, 5.41) is 12.5. The minimum absolute atomic E-state index is 0. The second kappa shape index (κ2) is 8.39. The van der Waals surface area contributed by atoms with Gasteiger partial charge in [-0.25, -0.2) is 13.8 Å². The van der Waals surface area contributed by atoms with Crippen LogP contribution < -0.4 is 35.0 Å². The Labute approximate surface area is 154 Å². The van der Waals surface area contributed by atoms with Crippen molar-refractivity contribution >= 4 is 22.2 Å². The van der Waals surface area contributed by atoms with Gasteiger partial charge in [0.15, 0.2) is 16.2 Å². The Morgan fingerprint density at radius 3 is 2.48 bits per heavy atom. The number of aliphatic hydroxyl groups excluding tert-OH is 1. The molecule has 23 heavy (non-hydrogen) atoms. The Balaban J connectivity index is 0.00000264. The molecule has 0 saturated carbocycles. The molecule has 0 fully saturated rings. The monoisotopic (exact) mass is 346 g/mol. The van der Waals surface area contributed by atoms with E-state index in [0.29, 0.717) is 5.56 Å². The maximum atomic E-state index is 11.6. The number of nitrogens with zero attached hydrogens (tertiary/aromatic N) is 1. The van der Waals surface area contributed by atoms with E-state index in [0.717, 1.165) is 12.3 Å². The zero-order valence-corrected chi connectivity index (χ0v) is 14.9. The van der Waals surface area contributed by atoms with E-state index in [1.54, 1.807) is 30.3 Å². The number of hydrazone groups is 1. The van der Waals surface area contributed by atoms with Gasteiger partial charge in [0, 0.05) is 0 Å². The van der Waals surface area contributed by atoms with Gasteiger partial charge in [0.05, 0.1) is 6.21 Å². The first-order valence-electron chi connectivity index (χ1n) is 5.99. The van der Waals surface area contributed by atoms with Crippen molar-refractivity contribution in [2.24, 2.45) is 5.10 Å². The van der Waals surface area contributed by atoms with Gasteiger partial charge in [-0.2, -0.15) is 5.10 Å². The Morgan fingerprint density at radius 1 is 1.26 bits per heavy atom. The van der Waals surface area contributed by atoms with Gasteiger partial charge < -0.3 is 14.1 Å². The summed E-state index contributed by atoms with van der Waals surface area (Å²) in [5.41, 5.74) is 2.47. The molecule has 0 aliphatic rings. The van der Waals surface area contributed by atoms with E-state index in [4.69, 9.17) is 4.42 Å². The van der Waals surface area contributed by atoms with Gasteiger partial charge in [-0.05, 0) is 17.7 Å². The number of benzene rings is 1. The van der Waals surface area contributed by atoms with E-state index in [1.165, 1.54) is 6.07 Å². The predicted octanol–water partition coefficient (Wildman–Crippen LogP) is -2.63. The average molecular weight is 346 g/mol. The van der Waals surface area contributed by atoms with Crippen LogP contribution in [0, 0.1) is 0 Å². The largest absolute Gasteiger partial charge is 1.00 e. The van der Waals surface area contributed by atoms with Crippen LogP contribution in [0.5, 0.6) is 0 Å². The van der Waals surface area contributed by atoms with E-state index in [1.807, 2.05) is 0 Å². The molecule has 0 bridgehead atoms. The molecular formula is C13H11N2NaO6S. The van der Waals surface area contributed by atoms with Crippen molar-refractivity contribution in [2.45, 2.75) is 11.2 Å². The Hall–Kier alpha value is -1.49. The fourth-order valence-corrected chi connectivity index (χ4v) is 1.98. The third-order valence-electron chi connectivity index (χ3n) is 2.58.